The summed E-state index contributed by atoms with van der Waals surface area (Å²) in [5.74, 6) is -0.206. The van der Waals surface area contributed by atoms with Crippen LogP contribution in [0.5, 0.6) is 11.9 Å². The summed E-state index contributed by atoms with van der Waals surface area (Å²) >= 11 is 7.17. The molecule has 59 heavy (non-hydrogen) atoms. The molecule has 4 aliphatic rings. The molecule has 4 aromatic rings. The fourth-order valence-electron chi connectivity index (χ4n) is 9.82. The Morgan fingerprint density at radius 1 is 1.05 bits per heavy atom. The maximum atomic E-state index is 17.5. The molecule has 1 aromatic carbocycles. The Bertz CT molecular complexity index is 2130. The predicted octanol–water partition coefficient (Wildman–Crippen LogP) is 7.68. The number of hydrogen-bond acceptors (Lipinski definition) is 11. The van der Waals surface area contributed by atoms with Crippen molar-refractivity contribution in [2.24, 2.45) is 5.92 Å². The van der Waals surface area contributed by atoms with Gasteiger partial charge in [0.25, 0.3) is 0 Å². The van der Waals surface area contributed by atoms with E-state index in [0.717, 1.165) is 89.3 Å². The third kappa shape index (κ3) is 9.17. The van der Waals surface area contributed by atoms with Gasteiger partial charge in [-0.2, -0.15) is 15.1 Å². The number of fused-ring (bicyclic) bond motifs is 3. The molecule has 13 nitrogen and oxygen atoms in total. The van der Waals surface area contributed by atoms with Crippen LogP contribution in [0.1, 0.15) is 110 Å². The molecule has 0 bridgehead atoms. The molecule has 320 valence electrons. The molecule has 4 saturated heterocycles. The van der Waals surface area contributed by atoms with Gasteiger partial charge in [-0.3, -0.25) is 14.7 Å². The van der Waals surface area contributed by atoms with Gasteiger partial charge < -0.3 is 29.0 Å². The van der Waals surface area contributed by atoms with E-state index in [1.165, 1.54) is 0 Å². The van der Waals surface area contributed by atoms with Crippen molar-refractivity contribution in [2.45, 2.75) is 128 Å². The first kappa shape index (κ1) is 42.0. The number of hydrogen-bond donors (Lipinski definition) is 1. The van der Waals surface area contributed by atoms with Crippen LogP contribution in [0.2, 0.25) is 5.02 Å². The van der Waals surface area contributed by atoms with E-state index in [0.29, 0.717) is 72.5 Å². The maximum absolute atomic E-state index is 17.5. The van der Waals surface area contributed by atoms with Gasteiger partial charge >= 0.3 is 6.01 Å². The van der Waals surface area contributed by atoms with E-state index in [4.69, 9.17) is 45.6 Å². The van der Waals surface area contributed by atoms with Crippen LogP contribution in [0.3, 0.4) is 0 Å². The molecule has 2 unspecified atom stereocenters. The number of benzene rings is 1. The Morgan fingerprint density at radius 3 is 2.61 bits per heavy atom. The first-order valence-corrected chi connectivity index (χ1v) is 21.9. The summed E-state index contributed by atoms with van der Waals surface area (Å²) in [6, 6.07) is 1.95. The number of carbonyl (C=O) groups is 1. The molecule has 0 saturated carbocycles. The van der Waals surface area contributed by atoms with Crippen LogP contribution in [-0.2, 0) is 20.7 Å². The summed E-state index contributed by atoms with van der Waals surface area (Å²) in [5, 5.41) is 17.5. The summed E-state index contributed by atoms with van der Waals surface area (Å²) < 4.78 is 44.2. The lowest BCUT2D eigenvalue weighted by molar-refractivity contribution is -0.120. The summed E-state index contributed by atoms with van der Waals surface area (Å²) in [6.45, 7) is 12.6. The highest BCUT2D eigenvalue weighted by atomic mass is 35.5. The van der Waals surface area contributed by atoms with Crippen LogP contribution < -0.4 is 9.47 Å². The second-order valence-corrected chi connectivity index (χ2v) is 18.8. The lowest BCUT2D eigenvalue weighted by atomic mass is 9.87. The molecule has 8 rings (SSSR count). The molecule has 7 heterocycles. The Balaban J connectivity index is 1.11. The molecular formula is C44H59ClFN7O6. The van der Waals surface area contributed by atoms with Crippen LogP contribution in [0, 0.1) is 11.7 Å². The van der Waals surface area contributed by atoms with Gasteiger partial charge in [0.1, 0.15) is 23.4 Å². The van der Waals surface area contributed by atoms with Gasteiger partial charge in [-0.15, -0.1) is 0 Å². The highest BCUT2D eigenvalue weighted by Gasteiger charge is 2.45. The number of nitrogens with zero attached hydrogens (tertiary/aromatic N) is 7. The molecule has 3 atom stereocenters. The minimum Gasteiger partial charge on any atom is -0.471 e. The predicted molar refractivity (Wildman–Crippen MR) is 223 cm³/mol. The Hall–Kier alpha value is -3.69. The van der Waals surface area contributed by atoms with Crippen molar-refractivity contribution in [1.82, 2.24) is 34.5 Å². The van der Waals surface area contributed by atoms with Crippen LogP contribution >= 0.6 is 11.6 Å². The molecule has 1 amide bonds. The molecule has 15 heteroatoms. The van der Waals surface area contributed by atoms with E-state index in [-0.39, 0.29) is 47.4 Å². The zero-order valence-corrected chi connectivity index (χ0v) is 35.7. The molecule has 0 spiro atoms. The monoisotopic (exact) mass is 835 g/mol. The van der Waals surface area contributed by atoms with Crippen molar-refractivity contribution in [3.63, 3.8) is 0 Å². The van der Waals surface area contributed by atoms with E-state index in [1.807, 2.05) is 31.5 Å². The normalized spacial score (nSPS) is 22.2. The SMILES string of the molecule is CC(C)(C)Oc1nc(OCC23CCCN2CCC3)nc2c(F)c(-c3c(CCCOC[C@](C)(O)CC4CCCN(C=O)C4)c(Cl)cc4c3cnn4C3CCCCO3)ncc12. The van der Waals surface area contributed by atoms with E-state index in [1.54, 1.807) is 24.2 Å². The molecule has 0 radical (unpaired) electrons. The lowest BCUT2D eigenvalue weighted by Crippen LogP contribution is -2.43. The van der Waals surface area contributed by atoms with Crippen molar-refractivity contribution in [3.05, 3.63) is 34.9 Å². The Labute approximate surface area is 350 Å². The second kappa shape index (κ2) is 17.4. The van der Waals surface area contributed by atoms with Crippen molar-refractivity contribution < 1.29 is 33.2 Å². The average molecular weight is 836 g/mol. The average Bonchev–Trinajstić information content (AvgIpc) is 3.92. The number of piperidine rings is 1. The number of ether oxygens (including phenoxy) is 4. The minimum absolute atomic E-state index is 0.0494. The fraction of sp³-hybridized carbons (Fsp3) is 0.659. The lowest BCUT2D eigenvalue weighted by Gasteiger charge is -2.34. The van der Waals surface area contributed by atoms with Crippen molar-refractivity contribution in [1.29, 1.82) is 0 Å². The summed E-state index contributed by atoms with van der Waals surface area (Å²) in [6.07, 6.45) is 14.5. The quantitative estimate of drug-likeness (QED) is 0.0933. The smallest absolute Gasteiger partial charge is 0.320 e. The molecule has 4 fully saturated rings. The number of rotatable bonds is 15. The number of carbonyl (C=O) groups excluding carboxylic acids is 1. The van der Waals surface area contributed by atoms with Gasteiger partial charge in [0.05, 0.1) is 34.8 Å². The Morgan fingerprint density at radius 2 is 1.86 bits per heavy atom. The zero-order valence-electron chi connectivity index (χ0n) is 35.0. The Kier molecular flexibility index (Phi) is 12.4. The van der Waals surface area contributed by atoms with E-state index in [9.17, 15) is 9.90 Å². The van der Waals surface area contributed by atoms with Gasteiger partial charge in [-0.05, 0) is 135 Å². The minimum atomic E-state index is -1.04. The zero-order chi connectivity index (χ0) is 41.4. The highest BCUT2D eigenvalue weighted by molar-refractivity contribution is 6.33. The number of aromatic nitrogens is 5. The van der Waals surface area contributed by atoms with E-state index >= 15 is 4.39 Å². The van der Waals surface area contributed by atoms with Gasteiger partial charge in [0, 0.05) is 48.5 Å². The molecule has 1 N–H and O–H groups in total. The maximum Gasteiger partial charge on any atom is 0.320 e. The molecule has 0 aliphatic carbocycles. The van der Waals surface area contributed by atoms with Gasteiger partial charge in [0.2, 0.25) is 12.3 Å². The van der Waals surface area contributed by atoms with Crippen molar-refractivity contribution in [3.8, 4) is 23.1 Å². The third-order valence-corrected chi connectivity index (χ3v) is 12.8. The first-order chi connectivity index (χ1) is 28.3. The molecule has 3 aromatic heterocycles. The van der Waals surface area contributed by atoms with Crippen molar-refractivity contribution in [2.75, 3.05) is 52.6 Å². The number of pyridine rings is 1. The van der Waals surface area contributed by atoms with Crippen LogP contribution in [0.25, 0.3) is 33.1 Å². The summed E-state index contributed by atoms with van der Waals surface area (Å²) in [5.41, 5.74) is 0.377. The standard InChI is InChI=1S/C44H59ClFN7O6/c1-42(2,3)59-40-32-23-47-39(37(46)38(32)49-41(50-40)58-27-44-14-9-17-52(44)18-10-15-44)36-30(33(45)21-34-31(36)24-48-53(34)35-13-5-6-20-57-35)12-8-19-56-26-43(4,55)22-29-11-7-16-51(25-29)28-54/h21,23-24,28-29,35,55H,5-20,22,25-27H2,1-4H3/t29?,35?,43-/m1/s1. The number of halogens is 2. The van der Waals surface area contributed by atoms with Crippen LogP contribution in [-0.4, -0.2) is 115 Å². The van der Waals surface area contributed by atoms with Crippen LogP contribution in [0.4, 0.5) is 4.39 Å². The number of likely N-dealkylation sites (tertiary alicyclic amines) is 1. The number of aliphatic hydroxyl groups is 1. The topological polar surface area (TPSA) is 137 Å². The molecular weight excluding hydrogens is 777 g/mol. The van der Waals surface area contributed by atoms with Gasteiger partial charge in [0.15, 0.2) is 12.0 Å². The highest BCUT2D eigenvalue weighted by Crippen LogP contribution is 2.43. The van der Waals surface area contributed by atoms with Gasteiger partial charge in [-0.1, -0.05) is 11.6 Å². The van der Waals surface area contributed by atoms with E-state index < -0.39 is 17.0 Å². The first-order valence-electron chi connectivity index (χ1n) is 21.6. The largest absolute Gasteiger partial charge is 0.471 e. The summed E-state index contributed by atoms with van der Waals surface area (Å²) in [4.78, 5) is 29.8. The van der Waals surface area contributed by atoms with Crippen molar-refractivity contribution >= 4 is 39.8 Å². The third-order valence-electron chi connectivity index (χ3n) is 12.5. The second-order valence-electron chi connectivity index (χ2n) is 18.4. The van der Waals surface area contributed by atoms with Crippen LogP contribution in [0.15, 0.2) is 18.5 Å². The van der Waals surface area contributed by atoms with E-state index in [2.05, 4.69) is 9.88 Å². The summed E-state index contributed by atoms with van der Waals surface area (Å²) in [7, 11) is 0. The molecule has 4 aliphatic heterocycles. The fourth-order valence-corrected chi connectivity index (χ4v) is 10.1. The number of amides is 1. The van der Waals surface area contributed by atoms with Gasteiger partial charge in [-0.25, -0.2) is 9.07 Å².